The molecule has 0 aliphatic rings. The van der Waals surface area contributed by atoms with Gasteiger partial charge in [-0.3, -0.25) is 0 Å². The summed E-state index contributed by atoms with van der Waals surface area (Å²) < 4.78 is 5.51. The Hall–Kier alpha value is -1.03. The lowest BCUT2D eigenvalue weighted by Crippen LogP contribution is -2.33. The van der Waals surface area contributed by atoms with Gasteiger partial charge in [-0.1, -0.05) is 32.0 Å². The molecule has 0 fully saturated rings. The topological polar surface area (TPSA) is 45.4 Å². The highest BCUT2D eigenvalue weighted by Crippen LogP contribution is 2.29. The van der Waals surface area contributed by atoms with Crippen molar-refractivity contribution in [3.05, 3.63) is 35.0 Å². The van der Waals surface area contributed by atoms with Crippen LogP contribution in [0.1, 0.15) is 25.8 Å². The van der Waals surface area contributed by atoms with Crippen molar-refractivity contribution in [1.82, 2.24) is 5.32 Å². The number of rotatable bonds is 6. The Kier molecular flexibility index (Phi) is 4.86. The van der Waals surface area contributed by atoms with Crippen molar-refractivity contribution < 1.29 is 9.52 Å². The van der Waals surface area contributed by atoms with Gasteiger partial charge in [-0.2, -0.15) is 0 Å². The molecule has 0 saturated heterocycles. The van der Waals surface area contributed by atoms with Gasteiger partial charge in [-0.15, -0.1) is 0 Å². The fourth-order valence-electron chi connectivity index (χ4n) is 2.27. The monoisotopic (exact) mass is 281 g/mol. The number of furan rings is 1. The molecule has 3 nitrogen and oxygen atoms in total. The zero-order valence-corrected chi connectivity index (χ0v) is 12.1. The van der Waals surface area contributed by atoms with E-state index in [2.05, 4.69) is 19.2 Å². The number of hydrogen-bond acceptors (Lipinski definition) is 3. The van der Waals surface area contributed by atoms with Gasteiger partial charge >= 0.3 is 0 Å². The average Bonchev–Trinajstić information content (AvgIpc) is 2.70. The molecule has 0 amide bonds. The van der Waals surface area contributed by atoms with Crippen molar-refractivity contribution >= 4 is 22.6 Å². The molecule has 19 heavy (non-hydrogen) atoms. The summed E-state index contributed by atoms with van der Waals surface area (Å²) in [6, 6.07) is 7.88. The minimum absolute atomic E-state index is 0.0877. The lowest BCUT2D eigenvalue weighted by Gasteiger charge is -2.18. The molecule has 0 spiro atoms. The Labute approximate surface area is 118 Å². The molecule has 1 aromatic carbocycles. The van der Waals surface area contributed by atoms with Crippen LogP contribution in [0.4, 0.5) is 0 Å². The maximum absolute atomic E-state index is 9.37. The normalized spacial score (nSPS) is 13.3. The van der Waals surface area contributed by atoms with E-state index in [9.17, 15) is 5.11 Å². The molecule has 0 saturated carbocycles. The van der Waals surface area contributed by atoms with E-state index in [1.807, 2.05) is 24.3 Å². The maximum atomic E-state index is 9.37. The summed E-state index contributed by atoms with van der Waals surface area (Å²) >= 11 is 6.13. The first-order valence-electron chi connectivity index (χ1n) is 6.62. The van der Waals surface area contributed by atoms with Gasteiger partial charge in [-0.25, -0.2) is 0 Å². The van der Waals surface area contributed by atoms with E-state index in [0.29, 0.717) is 17.7 Å². The van der Waals surface area contributed by atoms with E-state index in [4.69, 9.17) is 16.0 Å². The molecule has 1 heterocycles. The quantitative estimate of drug-likeness (QED) is 0.851. The number of aliphatic hydroxyl groups is 1. The largest absolute Gasteiger partial charge is 0.444 e. The van der Waals surface area contributed by atoms with Gasteiger partial charge in [0.1, 0.15) is 5.58 Å². The SMILES string of the molecule is CC(C)CC(CO)NCc1c(Cl)oc2ccccc12. The average molecular weight is 282 g/mol. The summed E-state index contributed by atoms with van der Waals surface area (Å²) in [5, 5.41) is 14.2. The van der Waals surface area contributed by atoms with Crippen LogP contribution < -0.4 is 5.32 Å². The third-order valence-corrected chi connectivity index (χ3v) is 3.50. The predicted octanol–water partition coefficient (Wildman–Crippen LogP) is 3.58. The number of aliphatic hydroxyl groups excluding tert-OH is 1. The molecular formula is C15H20ClNO2. The van der Waals surface area contributed by atoms with Gasteiger partial charge in [0.15, 0.2) is 5.22 Å². The molecule has 1 aromatic heterocycles. The highest BCUT2D eigenvalue weighted by atomic mass is 35.5. The van der Waals surface area contributed by atoms with Crippen molar-refractivity contribution in [3.63, 3.8) is 0 Å². The highest BCUT2D eigenvalue weighted by Gasteiger charge is 2.14. The van der Waals surface area contributed by atoms with Crippen molar-refractivity contribution in [2.24, 2.45) is 5.92 Å². The van der Waals surface area contributed by atoms with Gasteiger partial charge < -0.3 is 14.8 Å². The molecule has 0 bridgehead atoms. The molecule has 0 aliphatic carbocycles. The number of hydrogen-bond donors (Lipinski definition) is 2. The molecule has 104 valence electrons. The Morgan fingerprint density at radius 2 is 2.05 bits per heavy atom. The van der Waals surface area contributed by atoms with Crippen molar-refractivity contribution in [1.29, 1.82) is 0 Å². The molecule has 0 radical (unpaired) electrons. The Morgan fingerprint density at radius 3 is 2.74 bits per heavy atom. The summed E-state index contributed by atoms with van der Waals surface area (Å²) in [4.78, 5) is 0. The van der Waals surface area contributed by atoms with Gasteiger partial charge in [0.05, 0.1) is 6.61 Å². The maximum Gasteiger partial charge on any atom is 0.199 e. The van der Waals surface area contributed by atoms with Crippen LogP contribution >= 0.6 is 11.6 Å². The second kappa shape index (κ2) is 6.42. The first kappa shape index (κ1) is 14.4. The van der Waals surface area contributed by atoms with E-state index in [-0.39, 0.29) is 12.6 Å². The van der Waals surface area contributed by atoms with Crippen molar-refractivity contribution in [2.45, 2.75) is 32.9 Å². The van der Waals surface area contributed by atoms with Crippen molar-refractivity contribution in [2.75, 3.05) is 6.61 Å². The molecule has 2 aromatic rings. The highest BCUT2D eigenvalue weighted by molar-refractivity contribution is 6.30. The first-order valence-corrected chi connectivity index (χ1v) is 6.99. The number of benzene rings is 1. The Morgan fingerprint density at radius 1 is 1.32 bits per heavy atom. The van der Waals surface area contributed by atoms with Gasteiger partial charge in [0.25, 0.3) is 0 Å². The van der Waals surface area contributed by atoms with E-state index in [0.717, 1.165) is 23.0 Å². The number of para-hydroxylation sites is 1. The van der Waals surface area contributed by atoms with Crippen LogP contribution in [0.2, 0.25) is 5.22 Å². The lowest BCUT2D eigenvalue weighted by molar-refractivity contribution is 0.223. The third kappa shape index (κ3) is 3.50. The van der Waals surface area contributed by atoms with Gasteiger partial charge in [0, 0.05) is 23.5 Å². The first-order chi connectivity index (χ1) is 9.11. The second-order valence-electron chi connectivity index (χ2n) is 5.24. The molecule has 1 unspecified atom stereocenters. The van der Waals surface area contributed by atoms with Crippen LogP contribution in [0.5, 0.6) is 0 Å². The molecule has 4 heteroatoms. The number of fused-ring (bicyclic) bond motifs is 1. The van der Waals surface area contributed by atoms with E-state index in [1.54, 1.807) is 0 Å². The van der Waals surface area contributed by atoms with E-state index < -0.39 is 0 Å². The fourth-order valence-corrected chi connectivity index (χ4v) is 2.52. The second-order valence-corrected chi connectivity index (χ2v) is 5.58. The van der Waals surface area contributed by atoms with Crippen LogP contribution in [0.25, 0.3) is 11.0 Å². The standard InChI is InChI=1S/C15H20ClNO2/c1-10(2)7-11(9-18)17-8-13-12-5-3-4-6-14(12)19-15(13)16/h3-6,10-11,17-18H,7-9H2,1-2H3. The van der Waals surface area contributed by atoms with Crippen LogP contribution in [-0.2, 0) is 6.54 Å². The third-order valence-electron chi connectivity index (χ3n) is 3.19. The molecule has 1 atom stereocenters. The zero-order chi connectivity index (χ0) is 13.8. The van der Waals surface area contributed by atoms with Gasteiger partial charge in [0.2, 0.25) is 0 Å². The van der Waals surface area contributed by atoms with Gasteiger partial charge in [-0.05, 0) is 30.0 Å². The summed E-state index contributed by atoms with van der Waals surface area (Å²) in [7, 11) is 0. The molecule has 2 N–H and O–H groups in total. The predicted molar refractivity (Wildman–Crippen MR) is 78.4 cm³/mol. The molecule has 2 rings (SSSR count). The van der Waals surface area contributed by atoms with E-state index >= 15 is 0 Å². The van der Waals surface area contributed by atoms with Crippen LogP contribution in [0, 0.1) is 5.92 Å². The summed E-state index contributed by atoms with van der Waals surface area (Å²) in [5.41, 5.74) is 1.76. The smallest absolute Gasteiger partial charge is 0.199 e. The molecular weight excluding hydrogens is 262 g/mol. The summed E-state index contributed by atoms with van der Waals surface area (Å²) in [5.74, 6) is 0.543. The minimum atomic E-state index is 0.0877. The Balaban J connectivity index is 2.10. The van der Waals surface area contributed by atoms with Crippen LogP contribution in [0.3, 0.4) is 0 Å². The minimum Gasteiger partial charge on any atom is -0.444 e. The fraction of sp³-hybridized carbons (Fsp3) is 0.467. The van der Waals surface area contributed by atoms with Crippen molar-refractivity contribution in [3.8, 4) is 0 Å². The van der Waals surface area contributed by atoms with Crippen LogP contribution in [-0.4, -0.2) is 17.8 Å². The zero-order valence-electron chi connectivity index (χ0n) is 11.3. The van der Waals surface area contributed by atoms with Crippen LogP contribution in [0.15, 0.2) is 28.7 Å². The Bertz CT molecular complexity index is 536. The van der Waals surface area contributed by atoms with E-state index in [1.165, 1.54) is 0 Å². The lowest BCUT2D eigenvalue weighted by atomic mass is 10.0. The molecule has 0 aliphatic heterocycles. The number of halogens is 1. The number of nitrogens with one attached hydrogen (secondary N) is 1. The summed E-state index contributed by atoms with van der Waals surface area (Å²) in [6.45, 7) is 5.02. The summed E-state index contributed by atoms with van der Waals surface area (Å²) in [6.07, 6.45) is 0.934.